The molecule has 4 aromatic rings. The fraction of sp³-hybridized carbons (Fsp3) is 0.208. The Bertz CT molecular complexity index is 1260. The molecule has 0 amide bonds. The lowest BCUT2D eigenvalue weighted by Gasteiger charge is -2.13. The van der Waals surface area contributed by atoms with Crippen molar-refractivity contribution in [2.24, 2.45) is 0 Å². The van der Waals surface area contributed by atoms with Crippen molar-refractivity contribution >= 4 is 27.5 Å². The van der Waals surface area contributed by atoms with Gasteiger partial charge in [0.15, 0.2) is 0 Å². The molecule has 2 heterocycles. The molecular weight excluding hydrogens is 412 g/mol. The molecule has 2 aromatic carbocycles. The van der Waals surface area contributed by atoms with Gasteiger partial charge in [0, 0.05) is 17.5 Å². The average molecular weight is 435 g/mol. The standard InChI is InChI=1S/C24H22N2O4S/c1-2-16-9-11-18(12-10-16)30-14-6-13-26-21(17-7-4-3-5-8-17)25-22-20(23(26)27)19(15-31-22)24(28)29/h3-5,7-12,15H,2,6,13-14H2,1H3,(H,28,29). The van der Waals surface area contributed by atoms with E-state index in [4.69, 9.17) is 4.74 Å². The molecule has 0 aliphatic heterocycles. The molecule has 7 heteroatoms. The molecule has 31 heavy (non-hydrogen) atoms. The summed E-state index contributed by atoms with van der Waals surface area (Å²) in [6.45, 7) is 2.90. The van der Waals surface area contributed by atoms with Crippen LogP contribution < -0.4 is 10.3 Å². The first-order chi connectivity index (χ1) is 15.1. The Kier molecular flexibility index (Phi) is 6.13. The third-order valence-electron chi connectivity index (χ3n) is 5.08. The van der Waals surface area contributed by atoms with Crippen LogP contribution >= 0.6 is 11.3 Å². The molecule has 6 nitrogen and oxygen atoms in total. The van der Waals surface area contributed by atoms with Crippen LogP contribution in [-0.2, 0) is 13.0 Å². The maximum Gasteiger partial charge on any atom is 0.337 e. The Balaban J connectivity index is 1.62. The number of ether oxygens (including phenoxy) is 1. The SMILES string of the molecule is CCc1ccc(OCCCn2c(-c3ccccc3)nc3scc(C(=O)O)c3c2=O)cc1. The topological polar surface area (TPSA) is 81.4 Å². The number of hydrogen-bond acceptors (Lipinski definition) is 5. The van der Waals surface area contributed by atoms with Gasteiger partial charge < -0.3 is 9.84 Å². The normalized spacial score (nSPS) is 11.0. The van der Waals surface area contributed by atoms with Gasteiger partial charge in [-0.1, -0.05) is 49.4 Å². The van der Waals surface area contributed by atoms with Gasteiger partial charge in [0.2, 0.25) is 0 Å². The smallest absolute Gasteiger partial charge is 0.337 e. The van der Waals surface area contributed by atoms with Crippen LogP contribution in [0.5, 0.6) is 5.75 Å². The summed E-state index contributed by atoms with van der Waals surface area (Å²) >= 11 is 1.17. The van der Waals surface area contributed by atoms with Gasteiger partial charge in [-0.05, 0) is 30.5 Å². The molecule has 0 aliphatic carbocycles. The summed E-state index contributed by atoms with van der Waals surface area (Å²) in [6, 6.07) is 17.4. The summed E-state index contributed by atoms with van der Waals surface area (Å²) < 4.78 is 7.38. The quantitative estimate of drug-likeness (QED) is 0.401. The minimum absolute atomic E-state index is 0.00174. The van der Waals surface area contributed by atoms with E-state index in [1.165, 1.54) is 22.3 Å². The van der Waals surface area contributed by atoms with E-state index >= 15 is 0 Å². The van der Waals surface area contributed by atoms with Crippen LogP contribution in [0.3, 0.4) is 0 Å². The zero-order valence-corrected chi connectivity index (χ0v) is 17.9. The third-order valence-corrected chi connectivity index (χ3v) is 5.95. The van der Waals surface area contributed by atoms with Gasteiger partial charge in [-0.3, -0.25) is 9.36 Å². The van der Waals surface area contributed by atoms with E-state index in [-0.39, 0.29) is 16.5 Å². The van der Waals surface area contributed by atoms with Gasteiger partial charge in [0.05, 0.1) is 17.6 Å². The van der Waals surface area contributed by atoms with Crippen LogP contribution in [-0.4, -0.2) is 27.2 Å². The number of rotatable bonds is 8. The lowest BCUT2D eigenvalue weighted by Crippen LogP contribution is -2.25. The second-order valence-electron chi connectivity index (χ2n) is 7.09. The molecule has 1 N–H and O–H groups in total. The summed E-state index contributed by atoms with van der Waals surface area (Å²) in [4.78, 5) is 29.9. The monoisotopic (exact) mass is 434 g/mol. The van der Waals surface area contributed by atoms with Gasteiger partial charge in [0.1, 0.15) is 16.4 Å². The number of thiophene rings is 1. The first kappa shape index (κ1) is 20.8. The minimum Gasteiger partial charge on any atom is -0.494 e. The number of carboxylic acids is 1. The number of nitrogens with zero attached hydrogens (tertiary/aromatic N) is 2. The molecule has 0 radical (unpaired) electrons. The fourth-order valence-corrected chi connectivity index (χ4v) is 4.33. The van der Waals surface area contributed by atoms with E-state index in [9.17, 15) is 14.7 Å². The number of hydrogen-bond donors (Lipinski definition) is 1. The number of fused-ring (bicyclic) bond motifs is 1. The maximum absolute atomic E-state index is 13.3. The van der Waals surface area contributed by atoms with Crippen molar-refractivity contribution in [3.63, 3.8) is 0 Å². The molecule has 4 rings (SSSR count). The van der Waals surface area contributed by atoms with E-state index in [2.05, 4.69) is 11.9 Å². The van der Waals surface area contributed by atoms with Gasteiger partial charge >= 0.3 is 5.97 Å². The summed E-state index contributed by atoms with van der Waals surface area (Å²) in [7, 11) is 0. The van der Waals surface area contributed by atoms with Crippen LogP contribution in [0.25, 0.3) is 21.6 Å². The number of aromatic nitrogens is 2. The number of carboxylic acid groups (broad SMARTS) is 1. The molecule has 0 spiro atoms. The highest BCUT2D eigenvalue weighted by molar-refractivity contribution is 7.17. The number of carbonyl (C=O) groups is 1. The van der Waals surface area contributed by atoms with Crippen molar-refractivity contribution < 1.29 is 14.6 Å². The Morgan fingerprint density at radius 2 is 1.87 bits per heavy atom. The predicted octanol–water partition coefficient (Wildman–Crippen LogP) is 4.85. The number of aryl methyl sites for hydroxylation is 1. The number of benzene rings is 2. The molecule has 0 aliphatic rings. The van der Waals surface area contributed by atoms with Crippen LogP contribution in [0.2, 0.25) is 0 Å². The molecule has 0 fully saturated rings. The Morgan fingerprint density at radius 1 is 1.13 bits per heavy atom. The van der Waals surface area contributed by atoms with Crippen molar-refractivity contribution in [3.8, 4) is 17.1 Å². The first-order valence-corrected chi connectivity index (χ1v) is 11.0. The Hall–Kier alpha value is -3.45. The second-order valence-corrected chi connectivity index (χ2v) is 7.95. The second kappa shape index (κ2) is 9.14. The van der Waals surface area contributed by atoms with Crippen molar-refractivity contribution in [1.82, 2.24) is 9.55 Å². The number of aromatic carboxylic acids is 1. The molecule has 0 unspecified atom stereocenters. The molecule has 0 saturated heterocycles. The summed E-state index contributed by atoms with van der Waals surface area (Å²) in [5.74, 6) is 0.194. The van der Waals surface area contributed by atoms with E-state index in [0.717, 1.165) is 17.7 Å². The predicted molar refractivity (Wildman–Crippen MR) is 122 cm³/mol. The molecule has 0 atom stereocenters. The molecule has 0 saturated carbocycles. The average Bonchev–Trinajstić information content (AvgIpc) is 3.23. The van der Waals surface area contributed by atoms with Crippen LogP contribution in [0, 0.1) is 0 Å². The maximum atomic E-state index is 13.3. The van der Waals surface area contributed by atoms with Crippen molar-refractivity contribution in [2.75, 3.05) is 6.61 Å². The van der Waals surface area contributed by atoms with Gasteiger partial charge in [0.25, 0.3) is 5.56 Å². The molecular formula is C24H22N2O4S. The van der Waals surface area contributed by atoms with Gasteiger partial charge in [-0.25, -0.2) is 9.78 Å². The third kappa shape index (κ3) is 4.36. The molecule has 0 bridgehead atoms. The van der Waals surface area contributed by atoms with E-state index in [0.29, 0.717) is 30.2 Å². The van der Waals surface area contributed by atoms with Gasteiger partial charge in [-0.15, -0.1) is 11.3 Å². The van der Waals surface area contributed by atoms with Gasteiger partial charge in [-0.2, -0.15) is 0 Å². The van der Waals surface area contributed by atoms with Crippen LogP contribution in [0.4, 0.5) is 0 Å². The zero-order valence-electron chi connectivity index (χ0n) is 17.1. The highest BCUT2D eigenvalue weighted by Gasteiger charge is 2.20. The van der Waals surface area contributed by atoms with E-state index < -0.39 is 5.97 Å². The van der Waals surface area contributed by atoms with Crippen LogP contribution in [0.1, 0.15) is 29.3 Å². The fourth-order valence-electron chi connectivity index (χ4n) is 3.43. The Labute approximate surface area is 183 Å². The lowest BCUT2D eigenvalue weighted by atomic mass is 10.2. The van der Waals surface area contributed by atoms with Crippen molar-refractivity contribution in [3.05, 3.63) is 81.5 Å². The Morgan fingerprint density at radius 3 is 2.55 bits per heavy atom. The minimum atomic E-state index is -1.12. The largest absolute Gasteiger partial charge is 0.494 e. The van der Waals surface area contributed by atoms with Crippen molar-refractivity contribution in [1.29, 1.82) is 0 Å². The van der Waals surface area contributed by atoms with E-state index in [1.807, 2.05) is 54.6 Å². The zero-order chi connectivity index (χ0) is 21.8. The molecule has 158 valence electrons. The highest BCUT2D eigenvalue weighted by atomic mass is 32.1. The molecule has 2 aromatic heterocycles. The summed E-state index contributed by atoms with van der Waals surface area (Å²) in [6.07, 6.45) is 1.55. The summed E-state index contributed by atoms with van der Waals surface area (Å²) in [5.41, 5.74) is 1.71. The first-order valence-electron chi connectivity index (χ1n) is 10.1. The lowest BCUT2D eigenvalue weighted by molar-refractivity contribution is 0.0699. The summed E-state index contributed by atoms with van der Waals surface area (Å²) in [5, 5.41) is 11.1. The van der Waals surface area contributed by atoms with Crippen LogP contribution in [0.15, 0.2) is 64.8 Å². The highest BCUT2D eigenvalue weighted by Crippen LogP contribution is 2.25. The van der Waals surface area contributed by atoms with Crippen molar-refractivity contribution in [2.45, 2.75) is 26.3 Å². The van der Waals surface area contributed by atoms with E-state index in [1.54, 1.807) is 4.57 Å².